The molecule has 5 saturated carbocycles. The lowest BCUT2D eigenvalue weighted by Crippen LogP contribution is -2.62. The summed E-state index contributed by atoms with van der Waals surface area (Å²) in [5.74, 6) is -0.600. The molecule has 0 aromatic rings. The molecule has 0 amide bonds. The monoisotopic (exact) mass is 682 g/mol. The molecule has 0 radical (unpaired) electrons. The second-order valence-corrected chi connectivity index (χ2v) is 18.7. The molecule has 1 saturated heterocycles. The average molecular weight is 683 g/mol. The number of esters is 1. The lowest BCUT2D eigenvalue weighted by atomic mass is 9.41. The van der Waals surface area contributed by atoms with E-state index in [9.17, 15) is 40.5 Å². The molecule has 7 N–H and O–H groups in total. The third-order valence-corrected chi connectivity index (χ3v) is 15.6. The highest BCUT2D eigenvalue weighted by atomic mass is 16.7. The maximum atomic E-state index is 12.6. The summed E-state index contributed by atoms with van der Waals surface area (Å²) in [7, 11) is 0. The minimum Gasteiger partial charge on any atom is -0.459 e. The van der Waals surface area contributed by atoms with Crippen molar-refractivity contribution in [2.75, 3.05) is 6.61 Å². The molecule has 0 aromatic carbocycles. The molecule has 0 unspecified atom stereocenters. The van der Waals surface area contributed by atoms with Crippen molar-refractivity contribution < 1.29 is 54.8 Å². The minimum absolute atomic E-state index is 0.0104. The maximum Gasteiger partial charge on any atom is 0.303 e. The summed E-state index contributed by atoms with van der Waals surface area (Å²) in [4.78, 5) is 12.6. The van der Waals surface area contributed by atoms with Crippen LogP contribution >= 0.6 is 0 Å². The van der Waals surface area contributed by atoms with E-state index < -0.39 is 76.8 Å². The second-order valence-electron chi connectivity index (χ2n) is 18.7. The van der Waals surface area contributed by atoms with E-state index in [0.717, 1.165) is 44.9 Å². The zero-order chi connectivity index (χ0) is 35.6. The van der Waals surface area contributed by atoms with Gasteiger partial charge >= 0.3 is 5.97 Å². The van der Waals surface area contributed by atoms with Gasteiger partial charge in [-0.15, -0.1) is 0 Å². The molecule has 276 valence electrons. The van der Waals surface area contributed by atoms with Gasteiger partial charge in [0, 0.05) is 18.3 Å². The molecule has 6 rings (SSSR count). The van der Waals surface area contributed by atoms with E-state index in [2.05, 4.69) is 27.7 Å². The molecular weight excluding hydrogens is 620 g/mol. The van der Waals surface area contributed by atoms with E-state index >= 15 is 0 Å². The Bertz CT molecular complexity index is 1250. The lowest BCUT2D eigenvalue weighted by Gasteiger charge is -2.64. The van der Waals surface area contributed by atoms with Crippen LogP contribution in [0.3, 0.4) is 0 Å². The van der Waals surface area contributed by atoms with E-state index in [1.54, 1.807) is 6.92 Å². The molecule has 2 spiro atoms. The molecule has 16 atom stereocenters. The summed E-state index contributed by atoms with van der Waals surface area (Å²) in [6.45, 7) is 14.9. The fourth-order valence-corrected chi connectivity index (χ4v) is 13.0. The van der Waals surface area contributed by atoms with Gasteiger partial charge in [-0.1, -0.05) is 27.7 Å². The third kappa shape index (κ3) is 5.03. The number of rotatable bonds is 8. The first kappa shape index (κ1) is 36.9. The van der Waals surface area contributed by atoms with E-state index in [-0.39, 0.29) is 47.7 Å². The molecule has 0 bridgehead atoms. The molecule has 11 nitrogen and oxygen atoms in total. The summed E-state index contributed by atoms with van der Waals surface area (Å²) in [6.07, 6.45) is -1.45. The highest BCUT2D eigenvalue weighted by Gasteiger charge is 2.85. The quantitative estimate of drug-likeness (QED) is 0.147. The molecule has 0 aromatic heterocycles. The second kappa shape index (κ2) is 11.6. The van der Waals surface area contributed by atoms with Gasteiger partial charge < -0.3 is 50.0 Å². The van der Waals surface area contributed by atoms with E-state index in [1.807, 2.05) is 0 Å². The Hall–Kier alpha value is -0.890. The largest absolute Gasteiger partial charge is 0.459 e. The van der Waals surface area contributed by atoms with Gasteiger partial charge in [-0.2, -0.15) is 0 Å². The van der Waals surface area contributed by atoms with Gasteiger partial charge in [0.2, 0.25) is 0 Å². The lowest BCUT2D eigenvalue weighted by molar-refractivity contribution is -0.303. The molecule has 1 aliphatic heterocycles. The average Bonchev–Trinajstić information content (AvgIpc) is 3.61. The Balaban J connectivity index is 1.29. The zero-order valence-corrected chi connectivity index (χ0v) is 30.2. The Kier molecular flexibility index (Phi) is 8.88. The fourth-order valence-electron chi connectivity index (χ4n) is 13.0. The molecule has 48 heavy (non-hydrogen) atoms. The predicted octanol–water partition coefficient (Wildman–Crippen LogP) is 2.43. The van der Waals surface area contributed by atoms with Gasteiger partial charge in [0.25, 0.3) is 0 Å². The zero-order valence-electron chi connectivity index (χ0n) is 30.2. The van der Waals surface area contributed by atoms with Crippen LogP contribution in [0.25, 0.3) is 0 Å². The van der Waals surface area contributed by atoms with Crippen LogP contribution in [-0.4, -0.2) is 109 Å². The Morgan fingerprint density at radius 2 is 1.52 bits per heavy atom. The first-order valence-electron chi connectivity index (χ1n) is 18.3. The van der Waals surface area contributed by atoms with E-state index in [4.69, 9.17) is 14.2 Å². The van der Waals surface area contributed by atoms with Crippen LogP contribution in [0.1, 0.15) is 113 Å². The first-order chi connectivity index (χ1) is 22.0. The number of fused-ring (bicyclic) bond motifs is 2. The molecule has 6 fully saturated rings. The predicted molar refractivity (Wildman–Crippen MR) is 174 cm³/mol. The molecule has 11 heteroatoms. The topological polar surface area (TPSA) is 186 Å². The standard InChI is InChI=1S/C37H62O11/c1-19(38)47-29-27(43)28(34(7,45)13-11-23(40)32(4,5)44)33(6)15-16-37-18-36(37)14-12-24(48-30-26(42)25(41)20(39)17-46-30)31(2,3)21(36)9-10-22(37)35(29,33)8/h20-30,39-45H,9-18H2,1-8H3/t20-,21+,22+,23-,24+,25+,26-,27-,28-,29+,30+,33+,34-,35-,36-,37+/m0/s1. The first-order valence-corrected chi connectivity index (χ1v) is 18.3. The minimum atomic E-state index is -1.40. The Morgan fingerprint density at radius 3 is 2.15 bits per heavy atom. The summed E-state index contributed by atoms with van der Waals surface area (Å²) in [5.41, 5.74) is -4.15. The normalized spacial score (nSPS) is 51.4. The van der Waals surface area contributed by atoms with Crippen LogP contribution in [0.15, 0.2) is 0 Å². The smallest absolute Gasteiger partial charge is 0.303 e. The highest BCUT2D eigenvalue weighted by molar-refractivity contribution is 5.66. The number of carbonyl (C=O) groups is 1. The summed E-state index contributed by atoms with van der Waals surface area (Å²) < 4.78 is 18.2. The third-order valence-electron chi connectivity index (χ3n) is 15.6. The van der Waals surface area contributed by atoms with Crippen molar-refractivity contribution in [3.8, 4) is 0 Å². The van der Waals surface area contributed by atoms with Gasteiger partial charge in [0.15, 0.2) is 6.29 Å². The number of hydrogen-bond acceptors (Lipinski definition) is 11. The van der Waals surface area contributed by atoms with Gasteiger partial charge in [-0.05, 0) is 112 Å². The van der Waals surface area contributed by atoms with Crippen molar-refractivity contribution in [2.45, 2.75) is 173 Å². The van der Waals surface area contributed by atoms with E-state index in [0.29, 0.717) is 5.92 Å². The summed E-state index contributed by atoms with van der Waals surface area (Å²) in [6, 6.07) is 0. The highest BCUT2D eigenvalue weighted by Crippen LogP contribution is 2.89. The number of ether oxygens (including phenoxy) is 3. The SMILES string of the molecule is CC(=O)O[C@@H]1[C@@H](O)[C@H]([C@@](C)(O)CC[C@H](O)C(C)(C)O)[C@@]2(C)CC[C@]34C[C@]35CC[C@@H](O[C@H]3OC[C@H](O)[C@@H](O)[C@@H]3O)C(C)(C)[C@H]5CC[C@@H]4[C@@]12C. The summed E-state index contributed by atoms with van der Waals surface area (Å²) >= 11 is 0. The number of hydrogen-bond donors (Lipinski definition) is 7. The van der Waals surface area contributed by atoms with Crippen molar-refractivity contribution in [3.63, 3.8) is 0 Å². The van der Waals surface area contributed by atoms with Crippen LogP contribution in [0.5, 0.6) is 0 Å². The number of aliphatic hydroxyl groups is 7. The number of aliphatic hydroxyl groups excluding tert-OH is 5. The maximum absolute atomic E-state index is 12.6. The Labute approximate surface area is 285 Å². The van der Waals surface area contributed by atoms with Gasteiger partial charge in [0.05, 0.1) is 36.1 Å². The summed E-state index contributed by atoms with van der Waals surface area (Å²) in [5, 5.41) is 76.1. The van der Waals surface area contributed by atoms with E-state index in [1.165, 1.54) is 20.8 Å². The van der Waals surface area contributed by atoms with Crippen molar-refractivity contribution >= 4 is 5.97 Å². The van der Waals surface area contributed by atoms with Crippen LogP contribution in [0, 0.1) is 44.8 Å². The molecule has 1 heterocycles. The van der Waals surface area contributed by atoms with Crippen molar-refractivity contribution in [2.24, 2.45) is 44.8 Å². The van der Waals surface area contributed by atoms with Crippen molar-refractivity contribution in [1.82, 2.24) is 0 Å². The van der Waals surface area contributed by atoms with Gasteiger partial charge in [-0.25, -0.2) is 0 Å². The van der Waals surface area contributed by atoms with Crippen molar-refractivity contribution in [3.05, 3.63) is 0 Å². The number of carbonyl (C=O) groups excluding carboxylic acids is 1. The Morgan fingerprint density at radius 1 is 0.896 bits per heavy atom. The van der Waals surface area contributed by atoms with Crippen LogP contribution < -0.4 is 0 Å². The van der Waals surface area contributed by atoms with Gasteiger partial charge in [-0.3, -0.25) is 4.79 Å². The molecule has 6 aliphatic rings. The van der Waals surface area contributed by atoms with Crippen molar-refractivity contribution in [1.29, 1.82) is 0 Å². The fraction of sp³-hybridized carbons (Fsp3) is 0.973. The van der Waals surface area contributed by atoms with Gasteiger partial charge in [0.1, 0.15) is 24.4 Å². The molecule has 5 aliphatic carbocycles. The van der Waals surface area contributed by atoms with Crippen LogP contribution in [0.4, 0.5) is 0 Å². The molecular formula is C37H62O11. The van der Waals surface area contributed by atoms with Crippen LogP contribution in [-0.2, 0) is 19.0 Å². The van der Waals surface area contributed by atoms with Crippen LogP contribution in [0.2, 0.25) is 0 Å².